The third-order valence-corrected chi connectivity index (χ3v) is 6.71. The first-order valence-electron chi connectivity index (χ1n) is 7.50. The lowest BCUT2D eigenvalue weighted by Gasteiger charge is -2.38. The van der Waals surface area contributed by atoms with E-state index in [0.717, 1.165) is 5.56 Å². The minimum Gasteiger partial charge on any atom is -0.393 e. The molecular weight excluding hydrogens is 274 g/mol. The number of nitrogens with zero attached hydrogens (tertiary/aromatic N) is 1. The number of aliphatic hydroxyl groups excluding tert-OH is 1. The van der Waals surface area contributed by atoms with Gasteiger partial charge in [-0.2, -0.15) is 5.26 Å². The maximum absolute atomic E-state index is 9.84. The van der Waals surface area contributed by atoms with Gasteiger partial charge < -0.3 is 5.11 Å². The Morgan fingerprint density at radius 2 is 1.90 bits per heavy atom. The average Bonchev–Trinajstić information content (AvgIpc) is 2.46. The fourth-order valence-electron chi connectivity index (χ4n) is 3.18. The van der Waals surface area contributed by atoms with Gasteiger partial charge in [0.2, 0.25) is 0 Å². The van der Waals surface area contributed by atoms with E-state index < -0.39 is 13.5 Å². The average molecular weight is 297 g/mol. The number of hydrogen-bond acceptors (Lipinski definition) is 2. The van der Waals surface area contributed by atoms with Crippen molar-refractivity contribution in [1.29, 1.82) is 5.26 Å². The molecule has 2 nitrogen and oxygen atoms in total. The summed E-state index contributed by atoms with van der Waals surface area (Å²) in [7, 11) is -1.34. The number of terminal acetylenes is 1. The summed E-state index contributed by atoms with van der Waals surface area (Å²) in [6.45, 7) is 6.93. The maximum Gasteiger partial charge on any atom is 0.0961 e. The number of hydrogen-bond donors (Lipinski definition) is 1. The van der Waals surface area contributed by atoms with Crippen LogP contribution in [0.25, 0.3) is 0 Å². The van der Waals surface area contributed by atoms with E-state index in [1.165, 1.54) is 5.19 Å². The second kappa shape index (κ2) is 5.68. The summed E-state index contributed by atoms with van der Waals surface area (Å²) in [4.78, 5) is 0. The summed E-state index contributed by atoms with van der Waals surface area (Å²) in [5.74, 6) is 2.53. The van der Waals surface area contributed by atoms with Crippen LogP contribution in [0.3, 0.4) is 0 Å². The Hall–Kier alpha value is -1.55. The molecule has 2 rings (SSSR count). The van der Waals surface area contributed by atoms with Gasteiger partial charge in [0.05, 0.1) is 25.7 Å². The van der Waals surface area contributed by atoms with Gasteiger partial charge in [0.15, 0.2) is 0 Å². The molecular formula is C18H23NOSi. The van der Waals surface area contributed by atoms with E-state index >= 15 is 0 Å². The first-order valence-corrected chi connectivity index (χ1v) is 11.0. The Kier molecular flexibility index (Phi) is 4.28. The summed E-state index contributed by atoms with van der Waals surface area (Å²) in [6.07, 6.45) is 7.05. The van der Waals surface area contributed by atoms with Crippen LogP contribution in [0, 0.1) is 29.6 Å². The van der Waals surface area contributed by atoms with Crippen molar-refractivity contribution in [3.63, 3.8) is 0 Å². The summed E-state index contributed by atoms with van der Waals surface area (Å²) in [5, 5.41) is 21.0. The zero-order valence-corrected chi connectivity index (χ0v) is 14.1. The van der Waals surface area contributed by atoms with E-state index in [-0.39, 0.29) is 12.0 Å². The molecule has 0 heterocycles. The van der Waals surface area contributed by atoms with Gasteiger partial charge in [-0.25, -0.2) is 0 Å². The number of aliphatic hydroxyl groups is 1. The Balaban J connectivity index is 2.42. The predicted octanol–water partition coefficient (Wildman–Crippen LogP) is 2.79. The molecule has 3 unspecified atom stereocenters. The smallest absolute Gasteiger partial charge is 0.0961 e. The van der Waals surface area contributed by atoms with Crippen molar-refractivity contribution in [1.82, 2.24) is 0 Å². The van der Waals surface area contributed by atoms with E-state index in [1.54, 1.807) is 0 Å². The molecule has 1 N–H and O–H groups in total. The third kappa shape index (κ3) is 2.90. The molecule has 0 radical (unpaired) electrons. The molecule has 0 bridgehead atoms. The van der Waals surface area contributed by atoms with Crippen LogP contribution in [0.2, 0.25) is 19.6 Å². The highest BCUT2D eigenvalue weighted by Gasteiger charge is 2.44. The lowest BCUT2D eigenvalue weighted by molar-refractivity contribution is 0.0886. The van der Waals surface area contributed by atoms with Gasteiger partial charge in [-0.1, -0.05) is 49.1 Å². The van der Waals surface area contributed by atoms with Gasteiger partial charge in [0, 0.05) is 5.92 Å². The standard InChI is InChI=1S/C18H23NOSi/c1-5-14-12-16(20)10-11-18(14,13-19)15-6-8-17(9-7-15)21(2,3)4/h1,6-9,14,16,20H,10-12H2,2-4H3. The zero-order valence-electron chi connectivity index (χ0n) is 13.1. The molecule has 3 atom stereocenters. The van der Waals surface area contributed by atoms with Crippen LogP contribution in [0.15, 0.2) is 24.3 Å². The van der Waals surface area contributed by atoms with E-state index in [4.69, 9.17) is 6.42 Å². The SMILES string of the molecule is C#CC1CC(O)CCC1(C#N)c1ccc([Si](C)(C)C)cc1. The van der Waals surface area contributed by atoms with Crippen LogP contribution in [0.5, 0.6) is 0 Å². The molecule has 1 aromatic carbocycles. The van der Waals surface area contributed by atoms with Crippen molar-refractivity contribution in [3.8, 4) is 18.4 Å². The van der Waals surface area contributed by atoms with Gasteiger partial charge in [-0.3, -0.25) is 0 Å². The Labute approximate surface area is 128 Å². The van der Waals surface area contributed by atoms with Crippen molar-refractivity contribution in [2.45, 2.75) is 50.4 Å². The Morgan fingerprint density at radius 3 is 2.38 bits per heavy atom. The quantitative estimate of drug-likeness (QED) is 0.674. The Morgan fingerprint density at radius 1 is 1.29 bits per heavy atom. The lowest BCUT2D eigenvalue weighted by Crippen LogP contribution is -2.41. The van der Waals surface area contributed by atoms with Crippen molar-refractivity contribution < 1.29 is 5.11 Å². The largest absolute Gasteiger partial charge is 0.393 e. The third-order valence-electron chi connectivity index (χ3n) is 4.64. The molecule has 1 aromatic rings. The summed E-state index contributed by atoms with van der Waals surface area (Å²) < 4.78 is 0. The Bertz CT molecular complexity index is 588. The number of benzene rings is 1. The molecule has 1 aliphatic carbocycles. The molecule has 1 saturated carbocycles. The minimum atomic E-state index is -1.34. The van der Waals surface area contributed by atoms with E-state index in [2.05, 4.69) is 55.9 Å². The summed E-state index contributed by atoms with van der Waals surface area (Å²) in [6, 6.07) is 10.9. The second-order valence-corrected chi connectivity index (χ2v) is 12.1. The molecule has 0 saturated heterocycles. The van der Waals surface area contributed by atoms with Crippen molar-refractivity contribution in [2.24, 2.45) is 5.92 Å². The number of nitriles is 1. The van der Waals surface area contributed by atoms with Crippen molar-refractivity contribution in [3.05, 3.63) is 29.8 Å². The van der Waals surface area contributed by atoms with Gasteiger partial charge in [0.25, 0.3) is 0 Å². The van der Waals surface area contributed by atoms with Gasteiger partial charge in [-0.15, -0.1) is 12.3 Å². The van der Waals surface area contributed by atoms with E-state index in [9.17, 15) is 10.4 Å². The fraction of sp³-hybridized carbons (Fsp3) is 0.500. The van der Waals surface area contributed by atoms with Crippen molar-refractivity contribution >= 4 is 13.3 Å². The second-order valence-electron chi connectivity index (χ2n) is 7.06. The van der Waals surface area contributed by atoms with Gasteiger partial charge in [0.1, 0.15) is 0 Å². The highest BCUT2D eigenvalue weighted by molar-refractivity contribution is 6.88. The van der Waals surface area contributed by atoms with Crippen molar-refractivity contribution in [2.75, 3.05) is 0 Å². The lowest BCUT2D eigenvalue weighted by atomic mass is 9.63. The highest BCUT2D eigenvalue weighted by atomic mass is 28.3. The molecule has 3 heteroatoms. The topological polar surface area (TPSA) is 44.0 Å². The van der Waals surface area contributed by atoms with Crippen LogP contribution < -0.4 is 5.19 Å². The van der Waals surface area contributed by atoms with Crippen LogP contribution in [-0.2, 0) is 5.41 Å². The van der Waals surface area contributed by atoms with Gasteiger partial charge >= 0.3 is 0 Å². The fourth-order valence-corrected chi connectivity index (χ4v) is 4.35. The molecule has 0 amide bonds. The monoisotopic (exact) mass is 297 g/mol. The van der Waals surface area contributed by atoms with Crippen LogP contribution in [-0.4, -0.2) is 19.3 Å². The normalized spacial score (nSPS) is 29.4. The first-order chi connectivity index (χ1) is 9.83. The molecule has 0 aromatic heterocycles. The van der Waals surface area contributed by atoms with Crippen LogP contribution >= 0.6 is 0 Å². The molecule has 1 fully saturated rings. The highest BCUT2D eigenvalue weighted by Crippen LogP contribution is 2.43. The summed E-state index contributed by atoms with van der Waals surface area (Å²) >= 11 is 0. The molecule has 21 heavy (non-hydrogen) atoms. The predicted molar refractivity (Wildman–Crippen MR) is 88.9 cm³/mol. The zero-order chi connectivity index (χ0) is 15.7. The summed E-state index contributed by atoms with van der Waals surface area (Å²) in [5.41, 5.74) is 0.355. The van der Waals surface area contributed by atoms with E-state index in [1.807, 2.05) is 0 Å². The molecule has 110 valence electrons. The van der Waals surface area contributed by atoms with Gasteiger partial charge in [-0.05, 0) is 24.8 Å². The first kappa shape index (κ1) is 15.8. The van der Waals surface area contributed by atoms with E-state index in [0.29, 0.717) is 19.3 Å². The molecule has 0 spiro atoms. The number of rotatable bonds is 2. The van der Waals surface area contributed by atoms with Crippen LogP contribution in [0.4, 0.5) is 0 Å². The maximum atomic E-state index is 9.84. The molecule has 1 aliphatic rings. The molecule has 0 aliphatic heterocycles. The minimum absolute atomic E-state index is 0.219. The van der Waals surface area contributed by atoms with Crippen LogP contribution in [0.1, 0.15) is 24.8 Å².